The van der Waals surface area contributed by atoms with E-state index >= 15 is 0 Å². The summed E-state index contributed by atoms with van der Waals surface area (Å²) in [5.41, 5.74) is 0. The smallest absolute Gasteiger partial charge is 0.225 e. The number of halogens is 1. The van der Waals surface area contributed by atoms with Crippen LogP contribution in [0.25, 0.3) is 0 Å². The van der Waals surface area contributed by atoms with Gasteiger partial charge < -0.3 is 20.4 Å². The van der Waals surface area contributed by atoms with Crippen LogP contribution in [0.2, 0.25) is 0 Å². The van der Waals surface area contributed by atoms with Gasteiger partial charge in [-0.05, 0) is 45.2 Å². The predicted molar refractivity (Wildman–Crippen MR) is 126 cm³/mol. The van der Waals surface area contributed by atoms with Gasteiger partial charge in [-0.2, -0.15) is 0 Å². The predicted octanol–water partition coefficient (Wildman–Crippen LogP) is 2.83. The standard InChI is InChI=1S/C21H39N5O.HI/c1-22-21(23-12-16-25-13-7-2-3-8-14-25)24-19-11-15-26(17-19)20(27)18-9-5-4-6-10-18;/h18-19H,2-17H2,1H3,(H2,22,23,24);1H. The quantitative estimate of drug-likeness (QED) is 0.343. The zero-order valence-electron chi connectivity index (χ0n) is 17.6. The summed E-state index contributed by atoms with van der Waals surface area (Å²) in [4.78, 5) is 21.8. The van der Waals surface area contributed by atoms with Crippen LogP contribution < -0.4 is 10.6 Å². The number of amides is 1. The molecule has 28 heavy (non-hydrogen) atoms. The number of rotatable bonds is 5. The first-order chi connectivity index (χ1) is 13.3. The van der Waals surface area contributed by atoms with E-state index in [1.807, 2.05) is 7.05 Å². The maximum atomic E-state index is 12.7. The first-order valence-corrected chi connectivity index (χ1v) is 11.2. The molecule has 1 saturated carbocycles. The first kappa shape index (κ1) is 23.7. The maximum Gasteiger partial charge on any atom is 0.225 e. The van der Waals surface area contributed by atoms with E-state index in [-0.39, 0.29) is 29.9 Å². The first-order valence-electron chi connectivity index (χ1n) is 11.2. The van der Waals surface area contributed by atoms with Crippen LogP contribution in [0.5, 0.6) is 0 Å². The second-order valence-electron chi connectivity index (χ2n) is 8.50. The highest BCUT2D eigenvalue weighted by atomic mass is 127. The van der Waals surface area contributed by atoms with Gasteiger partial charge in [0.05, 0.1) is 0 Å². The van der Waals surface area contributed by atoms with Crippen LogP contribution in [0.3, 0.4) is 0 Å². The Hall–Kier alpha value is -0.570. The van der Waals surface area contributed by atoms with Crippen molar-refractivity contribution in [3.8, 4) is 0 Å². The van der Waals surface area contributed by atoms with Crippen molar-refractivity contribution in [1.82, 2.24) is 20.4 Å². The summed E-state index contributed by atoms with van der Waals surface area (Å²) >= 11 is 0. The van der Waals surface area contributed by atoms with Gasteiger partial charge in [-0.1, -0.05) is 32.1 Å². The van der Waals surface area contributed by atoms with E-state index in [1.165, 1.54) is 58.0 Å². The Morgan fingerprint density at radius 2 is 1.64 bits per heavy atom. The van der Waals surface area contributed by atoms with Gasteiger partial charge in [0.15, 0.2) is 5.96 Å². The minimum absolute atomic E-state index is 0. The van der Waals surface area contributed by atoms with Gasteiger partial charge in [-0.3, -0.25) is 9.79 Å². The molecule has 1 aliphatic carbocycles. The topological polar surface area (TPSA) is 60.0 Å². The normalized spacial score (nSPS) is 25.1. The molecular formula is C21H40IN5O. The molecule has 1 amide bonds. The molecule has 0 spiro atoms. The largest absolute Gasteiger partial charge is 0.355 e. The molecule has 1 atom stereocenters. The van der Waals surface area contributed by atoms with Crippen molar-refractivity contribution in [2.45, 2.75) is 70.3 Å². The average molecular weight is 505 g/mol. The Labute approximate surface area is 188 Å². The highest BCUT2D eigenvalue weighted by molar-refractivity contribution is 14.0. The van der Waals surface area contributed by atoms with Crippen molar-refractivity contribution in [2.75, 3.05) is 46.3 Å². The lowest BCUT2D eigenvalue weighted by Gasteiger charge is -2.26. The van der Waals surface area contributed by atoms with Gasteiger partial charge in [0, 0.05) is 45.2 Å². The van der Waals surface area contributed by atoms with Crippen molar-refractivity contribution < 1.29 is 4.79 Å². The SMILES string of the molecule is CN=C(NCCN1CCCCCC1)NC1CCN(C(=O)C2CCCCC2)C1.I. The van der Waals surface area contributed by atoms with E-state index in [0.717, 1.165) is 51.4 Å². The van der Waals surface area contributed by atoms with E-state index in [1.54, 1.807) is 0 Å². The van der Waals surface area contributed by atoms with Gasteiger partial charge in [0.1, 0.15) is 0 Å². The molecule has 3 aliphatic rings. The Morgan fingerprint density at radius 3 is 2.32 bits per heavy atom. The van der Waals surface area contributed by atoms with Crippen molar-refractivity contribution in [3.63, 3.8) is 0 Å². The molecular weight excluding hydrogens is 465 g/mol. The van der Waals surface area contributed by atoms with Crippen LogP contribution in [-0.2, 0) is 4.79 Å². The van der Waals surface area contributed by atoms with E-state index in [9.17, 15) is 4.79 Å². The highest BCUT2D eigenvalue weighted by Crippen LogP contribution is 2.26. The van der Waals surface area contributed by atoms with E-state index in [4.69, 9.17) is 0 Å². The molecule has 3 fully saturated rings. The summed E-state index contributed by atoms with van der Waals surface area (Å²) in [6, 6.07) is 0.321. The zero-order valence-corrected chi connectivity index (χ0v) is 20.0. The van der Waals surface area contributed by atoms with Gasteiger partial charge in [0.2, 0.25) is 5.91 Å². The van der Waals surface area contributed by atoms with Crippen LogP contribution in [-0.4, -0.2) is 74.0 Å². The molecule has 0 aromatic rings. The molecule has 3 rings (SSSR count). The molecule has 1 unspecified atom stereocenters. The summed E-state index contributed by atoms with van der Waals surface area (Å²) in [7, 11) is 1.83. The highest BCUT2D eigenvalue weighted by Gasteiger charge is 2.31. The average Bonchev–Trinajstić information content (AvgIpc) is 3.02. The Morgan fingerprint density at radius 1 is 0.964 bits per heavy atom. The third-order valence-electron chi connectivity index (χ3n) is 6.44. The number of guanidine groups is 1. The monoisotopic (exact) mass is 505 g/mol. The van der Waals surface area contributed by atoms with Gasteiger partial charge in [0.25, 0.3) is 0 Å². The van der Waals surface area contributed by atoms with Crippen molar-refractivity contribution in [1.29, 1.82) is 0 Å². The summed E-state index contributed by atoms with van der Waals surface area (Å²) in [5.74, 6) is 1.55. The molecule has 7 heteroatoms. The van der Waals surface area contributed by atoms with Crippen LogP contribution in [0.15, 0.2) is 4.99 Å². The fourth-order valence-electron chi connectivity index (χ4n) is 4.77. The maximum absolute atomic E-state index is 12.7. The lowest BCUT2D eigenvalue weighted by Crippen LogP contribution is -2.47. The van der Waals surface area contributed by atoms with Gasteiger partial charge >= 0.3 is 0 Å². The van der Waals surface area contributed by atoms with Crippen molar-refractivity contribution >= 4 is 35.8 Å². The summed E-state index contributed by atoms with van der Waals surface area (Å²) in [6.45, 7) is 6.18. The molecule has 2 aliphatic heterocycles. The Kier molecular flexibility index (Phi) is 10.9. The molecule has 6 nitrogen and oxygen atoms in total. The fourth-order valence-corrected chi connectivity index (χ4v) is 4.77. The van der Waals surface area contributed by atoms with E-state index in [2.05, 4.69) is 25.4 Å². The minimum Gasteiger partial charge on any atom is -0.355 e. The number of carbonyl (C=O) groups is 1. The second kappa shape index (κ2) is 12.9. The van der Waals surface area contributed by atoms with Crippen molar-refractivity contribution in [2.24, 2.45) is 10.9 Å². The van der Waals surface area contributed by atoms with Gasteiger partial charge in [-0.15, -0.1) is 24.0 Å². The number of carbonyl (C=O) groups excluding carboxylic acids is 1. The van der Waals surface area contributed by atoms with Crippen molar-refractivity contribution in [3.05, 3.63) is 0 Å². The number of likely N-dealkylation sites (tertiary alicyclic amines) is 2. The summed E-state index contributed by atoms with van der Waals surface area (Å²) in [6.07, 6.45) is 12.4. The molecule has 0 bridgehead atoms. The van der Waals surface area contributed by atoms with Crippen LogP contribution >= 0.6 is 24.0 Å². The lowest BCUT2D eigenvalue weighted by molar-refractivity contribution is -0.135. The number of nitrogens with one attached hydrogen (secondary N) is 2. The fraction of sp³-hybridized carbons (Fsp3) is 0.905. The Bertz CT molecular complexity index is 487. The van der Waals surface area contributed by atoms with Crippen LogP contribution in [0.1, 0.15) is 64.2 Å². The minimum atomic E-state index is 0. The molecule has 2 N–H and O–H groups in total. The van der Waals surface area contributed by atoms with E-state index < -0.39 is 0 Å². The summed E-state index contributed by atoms with van der Waals surface area (Å²) < 4.78 is 0. The number of hydrogen-bond acceptors (Lipinski definition) is 3. The van der Waals surface area contributed by atoms with Crippen LogP contribution in [0.4, 0.5) is 0 Å². The molecule has 2 saturated heterocycles. The molecule has 0 aromatic carbocycles. The molecule has 0 aromatic heterocycles. The van der Waals surface area contributed by atoms with Crippen LogP contribution in [0, 0.1) is 5.92 Å². The third-order valence-corrected chi connectivity index (χ3v) is 6.44. The number of hydrogen-bond donors (Lipinski definition) is 2. The lowest BCUT2D eigenvalue weighted by atomic mass is 9.88. The Balaban J connectivity index is 0.00000280. The third kappa shape index (κ3) is 7.35. The molecule has 162 valence electrons. The number of aliphatic imine (C=N–C) groups is 1. The van der Waals surface area contributed by atoms with E-state index in [0.29, 0.717) is 11.9 Å². The van der Waals surface area contributed by atoms with Gasteiger partial charge in [-0.25, -0.2) is 0 Å². The number of nitrogens with zero attached hydrogens (tertiary/aromatic N) is 3. The molecule has 0 radical (unpaired) electrons. The second-order valence-corrected chi connectivity index (χ2v) is 8.50. The zero-order chi connectivity index (χ0) is 18.9. The molecule has 2 heterocycles. The summed E-state index contributed by atoms with van der Waals surface area (Å²) in [5, 5.41) is 7.00.